The average Bonchev–Trinajstić information content (AvgIpc) is 3.07. The summed E-state index contributed by atoms with van der Waals surface area (Å²) in [6.07, 6.45) is 6.20. The summed E-state index contributed by atoms with van der Waals surface area (Å²) < 4.78 is 13.3. The zero-order valence-corrected chi connectivity index (χ0v) is 16.2. The molecule has 0 aromatic carbocycles. The van der Waals surface area contributed by atoms with Crippen LogP contribution in [0.25, 0.3) is 0 Å². The van der Waals surface area contributed by atoms with Crippen LogP contribution in [0.2, 0.25) is 0 Å². The molecule has 1 atom stereocenters. The van der Waals surface area contributed by atoms with Gasteiger partial charge >= 0.3 is 0 Å². The fourth-order valence-corrected chi connectivity index (χ4v) is 3.70. The Bertz CT molecular complexity index is 820. The van der Waals surface area contributed by atoms with Crippen molar-refractivity contribution in [2.45, 2.75) is 51.6 Å². The Hall–Kier alpha value is -2.35. The molecule has 1 saturated carbocycles. The third kappa shape index (κ3) is 5.09. The summed E-state index contributed by atoms with van der Waals surface area (Å²) in [5.41, 5.74) is 0.528. The van der Waals surface area contributed by atoms with Crippen LogP contribution in [0.4, 0.5) is 4.39 Å². The first-order valence-corrected chi connectivity index (χ1v) is 9.98. The van der Waals surface area contributed by atoms with Gasteiger partial charge in [0.25, 0.3) is 11.8 Å². The van der Waals surface area contributed by atoms with E-state index in [-0.39, 0.29) is 23.6 Å². The number of amides is 2. The van der Waals surface area contributed by atoms with E-state index in [1.807, 2.05) is 13.8 Å². The lowest BCUT2D eigenvalue weighted by atomic mass is 9.93. The summed E-state index contributed by atoms with van der Waals surface area (Å²) in [5.74, 6) is -0.848. The number of halogens is 1. The lowest BCUT2D eigenvalue weighted by molar-refractivity contribution is 0.0911. The number of carbonyl (C=O) groups excluding carboxylic acids is 2. The Morgan fingerprint density at radius 3 is 2.70 bits per heavy atom. The highest BCUT2D eigenvalue weighted by molar-refractivity contribution is 7.09. The van der Waals surface area contributed by atoms with Gasteiger partial charge in [-0.05, 0) is 37.7 Å². The summed E-state index contributed by atoms with van der Waals surface area (Å²) >= 11 is 1.34. The Balaban J connectivity index is 1.72. The summed E-state index contributed by atoms with van der Waals surface area (Å²) in [4.78, 5) is 32.9. The molecule has 0 radical (unpaired) electrons. The third-order valence-corrected chi connectivity index (χ3v) is 5.43. The van der Waals surface area contributed by atoms with Gasteiger partial charge in [0, 0.05) is 17.6 Å². The van der Waals surface area contributed by atoms with Crippen LogP contribution in [0.1, 0.15) is 71.4 Å². The van der Waals surface area contributed by atoms with Gasteiger partial charge in [0.1, 0.15) is 16.5 Å². The van der Waals surface area contributed by atoms with Crippen molar-refractivity contribution in [3.63, 3.8) is 0 Å². The predicted octanol–water partition coefficient (Wildman–Crippen LogP) is 3.48. The Morgan fingerprint density at radius 1 is 1.30 bits per heavy atom. The molecule has 0 saturated heterocycles. The van der Waals surface area contributed by atoms with Crippen molar-refractivity contribution in [1.82, 2.24) is 20.6 Å². The van der Waals surface area contributed by atoms with Crippen molar-refractivity contribution < 1.29 is 14.0 Å². The van der Waals surface area contributed by atoms with Crippen LogP contribution >= 0.6 is 11.3 Å². The van der Waals surface area contributed by atoms with E-state index in [1.165, 1.54) is 17.5 Å². The maximum absolute atomic E-state index is 13.3. The first-order chi connectivity index (χ1) is 12.9. The van der Waals surface area contributed by atoms with E-state index in [0.717, 1.165) is 31.5 Å². The highest BCUT2D eigenvalue weighted by Crippen LogP contribution is 2.26. The molecule has 2 aromatic rings. The molecule has 3 rings (SSSR count). The molecule has 1 fully saturated rings. The van der Waals surface area contributed by atoms with Crippen LogP contribution in [0.15, 0.2) is 23.8 Å². The molecule has 6 nitrogen and oxygen atoms in total. The van der Waals surface area contributed by atoms with E-state index in [2.05, 4.69) is 20.6 Å². The molecule has 0 spiro atoms. The molecule has 27 heavy (non-hydrogen) atoms. The number of aromatic nitrogens is 2. The molecule has 2 N–H and O–H groups in total. The second-order valence-electron chi connectivity index (χ2n) is 7.22. The first kappa shape index (κ1) is 19.4. The van der Waals surface area contributed by atoms with Crippen molar-refractivity contribution >= 4 is 23.2 Å². The molecule has 0 aliphatic heterocycles. The molecule has 0 unspecified atom stereocenters. The number of hydrogen-bond acceptors (Lipinski definition) is 5. The van der Waals surface area contributed by atoms with Crippen molar-refractivity contribution in [3.05, 3.63) is 45.9 Å². The maximum atomic E-state index is 13.3. The first-order valence-electron chi connectivity index (χ1n) is 9.10. The molecular weight excluding hydrogens is 367 g/mol. The average molecular weight is 390 g/mol. The minimum absolute atomic E-state index is 0.156. The van der Waals surface area contributed by atoms with Gasteiger partial charge in [-0.3, -0.25) is 14.6 Å². The quantitative estimate of drug-likeness (QED) is 0.758. The minimum atomic E-state index is -0.563. The summed E-state index contributed by atoms with van der Waals surface area (Å²) in [6, 6.07) is 1.04. The summed E-state index contributed by atoms with van der Waals surface area (Å²) in [7, 11) is 0. The third-order valence-electron chi connectivity index (χ3n) is 4.47. The molecule has 0 bridgehead atoms. The summed E-state index contributed by atoms with van der Waals surface area (Å²) in [6.45, 7) is 4.08. The molecule has 2 amide bonds. The van der Waals surface area contributed by atoms with Crippen molar-refractivity contribution in [2.75, 3.05) is 0 Å². The second-order valence-corrected chi connectivity index (χ2v) is 8.11. The number of rotatable bonds is 7. The van der Waals surface area contributed by atoms with E-state index in [4.69, 9.17) is 0 Å². The Morgan fingerprint density at radius 2 is 2.07 bits per heavy atom. The number of nitrogens with one attached hydrogen (secondary N) is 2. The Kier molecular flexibility index (Phi) is 6.15. The van der Waals surface area contributed by atoms with Gasteiger partial charge in [-0.2, -0.15) is 0 Å². The van der Waals surface area contributed by atoms with E-state index in [1.54, 1.807) is 5.38 Å². The van der Waals surface area contributed by atoms with Crippen LogP contribution < -0.4 is 10.6 Å². The smallest absolute Gasteiger partial charge is 0.270 e. The second kappa shape index (κ2) is 8.56. The Labute approximate surface area is 161 Å². The monoisotopic (exact) mass is 390 g/mol. The van der Waals surface area contributed by atoms with Gasteiger partial charge in [-0.25, -0.2) is 9.37 Å². The van der Waals surface area contributed by atoms with Crippen molar-refractivity contribution in [1.29, 1.82) is 0 Å². The van der Waals surface area contributed by atoms with Crippen LogP contribution in [-0.2, 0) is 0 Å². The maximum Gasteiger partial charge on any atom is 0.270 e. The minimum Gasteiger partial charge on any atom is -0.348 e. The largest absolute Gasteiger partial charge is 0.348 e. The number of hydrogen-bond donors (Lipinski definition) is 2. The van der Waals surface area contributed by atoms with Gasteiger partial charge in [0.05, 0.1) is 17.8 Å². The molecular formula is C19H23FN4O2S. The molecule has 1 aliphatic carbocycles. The lowest BCUT2D eigenvalue weighted by Gasteiger charge is -2.25. The lowest BCUT2D eigenvalue weighted by Crippen LogP contribution is -2.39. The van der Waals surface area contributed by atoms with Crippen LogP contribution in [0.5, 0.6) is 0 Å². The fourth-order valence-electron chi connectivity index (χ4n) is 2.83. The zero-order chi connectivity index (χ0) is 19.4. The molecule has 8 heteroatoms. The highest BCUT2D eigenvalue weighted by atomic mass is 32.1. The molecule has 144 valence electrons. The van der Waals surface area contributed by atoms with Gasteiger partial charge < -0.3 is 10.6 Å². The van der Waals surface area contributed by atoms with Crippen LogP contribution in [0, 0.1) is 11.7 Å². The van der Waals surface area contributed by atoms with Crippen LogP contribution in [0.3, 0.4) is 0 Å². The van der Waals surface area contributed by atoms with Gasteiger partial charge in [0.15, 0.2) is 0 Å². The summed E-state index contributed by atoms with van der Waals surface area (Å²) in [5, 5.41) is 8.24. The number of carbonyl (C=O) groups is 2. The number of nitrogens with zero attached hydrogens (tertiary/aromatic N) is 2. The normalized spacial score (nSPS) is 15.3. The highest BCUT2D eigenvalue weighted by Gasteiger charge is 2.24. The van der Waals surface area contributed by atoms with Crippen LogP contribution in [-0.4, -0.2) is 27.8 Å². The molecule has 2 heterocycles. The van der Waals surface area contributed by atoms with E-state index in [9.17, 15) is 14.0 Å². The predicted molar refractivity (Wildman–Crippen MR) is 101 cm³/mol. The van der Waals surface area contributed by atoms with Gasteiger partial charge in [0.2, 0.25) is 0 Å². The van der Waals surface area contributed by atoms with Gasteiger partial charge in [-0.15, -0.1) is 11.3 Å². The fraction of sp³-hybridized carbons (Fsp3) is 0.474. The SMILES string of the molecule is CC(C)C[C@@H](NC(=O)c1cncc(F)c1)c1nc(C(=O)NC2CCC2)cs1. The van der Waals surface area contributed by atoms with E-state index < -0.39 is 11.7 Å². The number of pyridine rings is 1. The molecule has 2 aromatic heterocycles. The van der Waals surface area contributed by atoms with E-state index in [0.29, 0.717) is 23.0 Å². The topological polar surface area (TPSA) is 84.0 Å². The standard InChI is InChI=1S/C19H23FN4O2S/c1-11(2)6-15(23-17(25)12-7-13(20)9-21-8-12)19-24-16(10-27-19)18(26)22-14-4-3-5-14/h7-11,14-15H,3-6H2,1-2H3,(H,22,26)(H,23,25)/t15-/m1/s1. The van der Waals surface area contributed by atoms with Crippen molar-refractivity contribution in [2.24, 2.45) is 5.92 Å². The van der Waals surface area contributed by atoms with Gasteiger partial charge in [-0.1, -0.05) is 13.8 Å². The van der Waals surface area contributed by atoms with Crippen molar-refractivity contribution in [3.8, 4) is 0 Å². The number of thiazole rings is 1. The van der Waals surface area contributed by atoms with E-state index >= 15 is 0 Å². The zero-order valence-electron chi connectivity index (χ0n) is 15.4. The molecule has 1 aliphatic rings.